The van der Waals surface area contributed by atoms with E-state index in [4.69, 9.17) is 5.84 Å². The van der Waals surface area contributed by atoms with Crippen molar-refractivity contribution in [2.75, 3.05) is 23.4 Å². The number of nitrogens with zero attached hydrogens (tertiary/aromatic N) is 3. The van der Waals surface area contributed by atoms with E-state index in [1.165, 1.54) is 11.3 Å². The zero-order valence-corrected chi connectivity index (χ0v) is 13.7. The molecular weight excluding hydrogens is 282 g/mol. The van der Waals surface area contributed by atoms with Gasteiger partial charge in [-0.15, -0.1) is 11.3 Å². The van der Waals surface area contributed by atoms with Gasteiger partial charge in [-0.25, -0.2) is 10.8 Å². The molecule has 3 heterocycles. The predicted octanol–water partition coefficient (Wildman–Crippen LogP) is 3.02. The third kappa shape index (κ3) is 2.82. The summed E-state index contributed by atoms with van der Waals surface area (Å²) in [6.07, 6.45) is 2.31. The molecule has 2 atom stereocenters. The molecule has 2 aromatic rings. The molecule has 3 N–H and O–H groups in total. The van der Waals surface area contributed by atoms with E-state index in [1.54, 1.807) is 11.3 Å². The normalized spacial score (nSPS) is 22.8. The van der Waals surface area contributed by atoms with Gasteiger partial charge in [-0.05, 0) is 30.7 Å². The van der Waals surface area contributed by atoms with E-state index < -0.39 is 0 Å². The first-order chi connectivity index (χ1) is 10.1. The summed E-state index contributed by atoms with van der Waals surface area (Å²) >= 11 is 1.73. The van der Waals surface area contributed by atoms with Crippen molar-refractivity contribution >= 4 is 33.3 Å². The lowest BCUT2D eigenvalue weighted by Crippen LogP contribution is -2.39. The Labute approximate surface area is 129 Å². The minimum Gasteiger partial charge on any atom is -0.355 e. The van der Waals surface area contributed by atoms with Crippen LogP contribution in [-0.2, 0) is 6.42 Å². The Morgan fingerprint density at radius 2 is 2.05 bits per heavy atom. The highest BCUT2D eigenvalue weighted by Gasteiger charge is 2.25. The second-order valence-corrected chi connectivity index (χ2v) is 7.27. The summed E-state index contributed by atoms with van der Waals surface area (Å²) in [5.74, 6) is 8.47. The average molecular weight is 305 g/mol. The van der Waals surface area contributed by atoms with E-state index in [0.29, 0.717) is 17.8 Å². The minimum atomic E-state index is 0.507. The molecule has 1 aliphatic rings. The lowest BCUT2D eigenvalue weighted by molar-refractivity contribution is 0.356. The number of nitrogens with two attached hydrogens (primary N) is 1. The minimum absolute atomic E-state index is 0.507. The third-order valence-corrected chi connectivity index (χ3v) is 5.24. The van der Waals surface area contributed by atoms with E-state index in [-0.39, 0.29) is 0 Å². The van der Waals surface area contributed by atoms with Crippen molar-refractivity contribution in [1.29, 1.82) is 0 Å². The van der Waals surface area contributed by atoms with Crippen molar-refractivity contribution < 1.29 is 0 Å². The number of aryl methyl sites for hydroxylation is 1. The van der Waals surface area contributed by atoms with Crippen molar-refractivity contribution in [2.45, 2.75) is 33.6 Å². The van der Waals surface area contributed by atoms with Crippen LogP contribution in [0.15, 0.2) is 6.07 Å². The number of nitrogen functional groups attached to an aromatic ring is 1. The monoisotopic (exact) mass is 305 g/mol. The van der Waals surface area contributed by atoms with Crippen molar-refractivity contribution in [3.05, 3.63) is 10.9 Å². The van der Waals surface area contributed by atoms with Gasteiger partial charge >= 0.3 is 0 Å². The lowest BCUT2D eigenvalue weighted by Gasteiger charge is -2.36. The molecule has 0 radical (unpaired) electrons. The van der Waals surface area contributed by atoms with Crippen LogP contribution in [0.25, 0.3) is 10.2 Å². The van der Waals surface area contributed by atoms with Gasteiger partial charge in [-0.3, -0.25) is 5.43 Å². The Bertz CT molecular complexity index is 628. The molecule has 0 saturated carbocycles. The number of hydrogen-bond acceptors (Lipinski definition) is 6. The van der Waals surface area contributed by atoms with Crippen molar-refractivity contribution in [3.8, 4) is 0 Å². The standard InChI is InChI=1S/C15H23N5S/c1-4-11-6-12-13(17-15(19-16)18-14(12)21-11)20-7-9(2)5-10(3)8-20/h6,9-10H,4-5,7-8,16H2,1-3H3,(H,17,18,19). The second-order valence-electron chi connectivity index (χ2n) is 6.15. The highest BCUT2D eigenvalue weighted by molar-refractivity contribution is 7.18. The molecule has 1 fully saturated rings. The highest BCUT2D eigenvalue weighted by atomic mass is 32.1. The number of aromatic nitrogens is 2. The van der Waals surface area contributed by atoms with Gasteiger partial charge in [-0.1, -0.05) is 20.8 Å². The molecule has 0 amide bonds. The lowest BCUT2D eigenvalue weighted by atomic mass is 9.92. The van der Waals surface area contributed by atoms with Gasteiger partial charge in [0.2, 0.25) is 5.95 Å². The van der Waals surface area contributed by atoms with Crippen LogP contribution in [0, 0.1) is 11.8 Å². The maximum Gasteiger partial charge on any atom is 0.240 e. The van der Waals surface area contributed by atoms with E-state index in [0.717, 1.165) is 35.5 Å². The Morgan fingerprint density at radius 3 is 2.67 bits per heavy atom. The Kier molecular flexibility index (Phi) is 3.99. The van der Waals surface area contributed by atoms with Crippen LogP contribution in [0.2, 0.25) is 0 Å². The molecule has 1 saturated heterocycles. The first-order valence-electron chi connectivity index (χ1n) is 7.62. The number of nitrogens with one attached hydrogen (secondary N) is 1. The summed E-state index contributed by atoms with van der Waals surface area (Å²) in [5, 5.41) is 1.16. The van der Waals surface area contributed by atoms with Gasteiger partial charge in [-0.2, -0.15) is 4.98 Å². The predicted molar refractivity (Wildman–Crippen MR) is 89.8 cm³/mol. The second kappa shape index (κ2) is 5.77. The molecular formula is C15H23N5S. The van der Waals surface area contributed by atoms with Crippen LogP contribution >= 0.6 is 11.3 Å². The maximum atomic E-state index is 5.54. The Balaban J connectivity index is 2.08. The Hall–Kier alpha value is -1.40. The maximum absolute atomic E-state index is 5.54. The van der Waals surface area contributed by atoms with E-state index in [9.17, 15) is 0 Å². The summed E-state index contributed by atoms with van der Waals surface area (Å²) in [4.78, 5) is 13.9. The molecule has 0 aliphatic carbocycles. The first kappa shape index (κ1) is 14.5. The zero-order valence-electron chi connectivity index (χ0n) is 12.9. The molecule has 6 heteroatoms. The number of anilines is 2. The number of hydrazine groups is 1. The van der Waals surface area contributed by atoms with E-state index >= 15 is 0 Å². The van der Waals surface area contributed by atoms with Gasteiger partial charge in [0.1, 0.15) is 10.6 Å². The fourth-order valence-electron chi connectivity index (χ4n) is 3.27. The smallest absolute Gasteiger partial charge is 0.240 e. The molecule has 0 bridgehead atoms. The topological polar surface area (TPSA) is 67.1 Å². The van der Waals surface area contributed by atoms with Gasteiger partial charge in [0, 0.05) is 18.0 Å². The van der Waals surface area contributed by atoms with Gasteiger partial charge in [0.15, 0.2) is 0 Å². The van der Waals surface area contributed by atoms with Gasteiger partial charge < -0.3 is 4.90 Å². The van der Waals surface area contributed by atoms with Crippen molar-refractivity contribution in [1.82, 2.24) is 9.97 Å². The molecule has 2 unspecified atom stereocenters. The molecule has 5 nitrogen and oxygen atoms in total. The van der Waals surface area contributed by atoms with Gasteiger partial charge in [0.25, 0.3) is 0 Å². The molecule has 3 rings (SSSR count). The number of fused-ring (bicyclic) bond motifs is 1. The molecule has 2 aromatic heterocycles. The average Bonchev–Trinajstić information content (AvgIpc) is 2.87. The van der Waals surface area contributed by atoms with Crippen LogP contribution in [0.5, 0.6) is 0 Å². The fraction of sp³-hybridized carbons (Fsp3) is 0.600. The van der Waals surface area contributed by atoms with Crippen molar-refractivity contribution in [2.24, 2.45) is 17.7 Å². The third-order valence-electron chi connectivity index (χ3n) is 4.07. The molecule has 114 valence electrons. The fourth-order valence-corrected chi connectivity index (χ4v) is 4.23. The van der Waals surface area contributed by atoms with Crippen LogP contribution < -0.4 is 16.2 Å². The number of thiophene rings is 1. The Morgan fingerprint density at radius 1 is 1.33 bits per heavy atom. The quantitative estimate of drug-likeness (QED) is 0.674. The van der Waals surface area contributed by atoms with Crippen LogP contribution in [-0.4, -0.2) is 23.1 Å². The first-order valence-corrected chi connectivity index (χ1v) is 8.44. The molecule has 21 heavy (non-hydrogen) atoms. The van der Waals surface area contributed by atoms with E-state index in [2.05, 4.69) is 47.1 Å². The SMILES string of the molecule is CCc1cc2c(N3CC(C)CC(C)C3)nc(NN)nc2s1. The van der Waals surface area contributed by atoms with Crippen LogP contribution in [0.4, 0.5) is 11.8 Å². The molecule has 0 aromatic carbocycles. The van der Waals surface area contributed by atoms with Gasteiger partial charge in [0.05, 0.1) is 5.39 Å². The van der Waals surface area contributed by atoms with E-state index in [1.807, 2.05) is 0 Å². The number of piperidine rings is 1. The number of rotatable bonds is 3. The summed E-state index contributed by atoms with van der Waals surface area (Å²) in [5.41, 5.74) is 2.61. The summed E-state index contributed by atoms with van der Waals surface area (Å²) in [7, 11) is 0. The summed E-state index contributed by atoms with van der Waals surface area (Å²) < 4.78 is 0. The summed E-state index contributed by atoms with van der Waals surface area (Å²) in [6.45, 7) is 8.91. The highest BCUT2D eigenvalue weighted by Crippen LogP contribution is 2.34. The van der Waals surface area contributed by atoms with Crippen molar-refractivity contribution in [3.63, 3.8) is 0 Å². The summed E-state index contributed by atoms with van der Waals surface area (Å²) in [6, 6.07) is 2.24. The van der Waals surface area contributed by atoms with Crippen LogP contribution in [0.1, 0.15) is 32.1 Å². The van der Waals surface area contributed by atoms with Crippen LogP contribution in [0.3, 0.4) is 0 Å². The molecule has 0 spiro atoms. The largest absolute Gasteiger partial charge is 0.355 e. The number of hydrogen-bond donors (Lipinski definition) is 2. The zero-order chi connectivity index (χ0) is 15.0. The molecule has 1 aliphatic heterocycles.